The van der Waals surface area contributed by atoms with Crippen LogP contribution in [0.2, 0.25) is 0 Å². The van der Waals surface area contributed by atoms with Crippen LogP contribution in [0.25, 0.3) is 28.4 Å². The number of carbonyl (C=O) groups excluding carboxylic acids is 1. The van der Waals surface area contributed by atoms with Crippen LogP contribution in [0.5, 0.6) is 46.0 Å². The summed E-state index contributed by atoms with van der Waals surface area (Å²) in [7, 11) is 2.65. The van der Waals surface area contributed by atoms with Crippen LogP contribution in [0.15, 0.2) is 59.0 Å². The van der Waals surface area contributed by atoms with E-state index in [1.165, 1.54) is 50.6 Å². The van der Waals surface area contributed by atoms with Crippen LogP contribution in [0.3, 0.4) is 0 Å². The first-order valence-corrected chi connectivity index (χ1v) is 17.4. The monoisotopic (exact) mass is 817 g/mol. The summed E-state index contributed by atoms with van der Waals surface area (Å²) in [6.07, 6.45) is -15.3. The van der Waals surface area contributed by atoms with Crippen molar-refractivity contribution in [2.45, 2.75) is 61.4 Å². The van der Waals surface area contributed by atoms with Gasteiger partial charge in [-0.3, -0.25) is 0 Å². The maximum Gasteiger partial charge on any atom is 0.402 e. The fourth-order valence-electron chi connectivity index (χ4n) is 6.18. The summed E-state index contributed by atoms with van der Waals surface area (Å²) in [4.78, 5) is 12.5. The molecule has 0 aliphatic carbocycles. The van der Waals surface area contributed by atoms with Gasteiger partial charge in [-0.05, 0) is 35.9 Å². The number of carbonyl (C=O) groups is 1. The van der Waals surface area contributed by atoms with E-state index in [9.17, 15) is 61.0 Å². The summed E-state index contributed by atoms with van der Waals surface area (Å²) < 4.78 is 44.1. The van der Waals surface area contributed by atoms with Gasteiger partial charge in [-0.15, -0.1) is 0 Å². The van der Waals surface area contributed by atoms with Crippen molar-refractivity contribution in [3.05, 3.63) is 60.2 Å². The Morgan fingerprint density at radius 1 is 0.690 bits per heavy atom. The maximum atomic E-state index is 12.5. The van der Waals surface area contributed by atoms with Gasteiger partial charge in [-0.1, -0.05) is 0 Å². The Balaban J connectivity index is 1.14. The summed E-state index contributed by atoms with van der Waals surface area (Å²) >= 11 is 0. The smallest absolute Gasteiger partial charge is 0.402 e. The molecule has 20 nitrogen and oxygen atoms in total. The lowest BCUT2D eigenvalue weighted by Gasteiger charge is -2.42. The quantitative estimate of drug-likeness (QED) is 0.0393. The highest BCUT2D eigenvalue weighted by Crippen LogP contribution is 2.42. The van der Waals surface area contributed by atoms with Crippen LogP contribution in [-0.4, -0.2) is 151 Å². The number of aromatic hydroxyl groups is 5. The van der Waals surface area contributed by atoms with Crippen molar-refractivity contribution in [2.75, 3.05) is 27.4 Å². The van der Waals surface area contributed by atoms with Gasteiger partial charge in [-0.2, -0.15) is 0 Å². The first-order chi connectivity index (χ1) is 27.6. The first-order valence-electron chi connectivity index (χ1n) is 17.4. The molecule has 0 amide bonds. The Morgan fingerprint density at radius 3 is 1.95 bits per heavy atom. The van der Waals surface area contributed by atoms with E-state index >= 15 is 0 Å². The molecule has 0 saturated carbocycles. The van der Waals surface area contributed by atoms with Crippen LogP contribution < -0.4 is 14.2 Å². The molecule has 11 N–H and O–H groups in total. The molecule has 4 aromatic rings. The number of benzene rings is 3. The second-order valence-electron chi connectivity index (χ2n) is 13.2. The van der Waals surface area contributed by atoms with Crippen molar-refractivity contribution in [1.82, 2.24) is 0 Å². The number of ether oxygens (including phenoxy) is 7. The van der Waals surface area contributed by atoms with Crippen LogP contribution in [-0.2, 0) is 23.7 Å². The molecule has 0 unspecified atom stereocenters. The van der Waals surface area contributed by atoms with Crippen LogP contribution in [0.4, 0.5) is 0 Å². The van der Waals surface area contributed by atoms with Crippen LogP contribution in [0, 0.1) is 0 Å². The topological polar surface area (TPSA) is 316 Å². The average molecular weight is 818 g/mol. The van der Waals surface area contributed by atoms with E-state index in [0.29, 0.717) is 5.56 Å². The fourth-order valence-corrected chi connectivity index (χ4v) is 6.18. The van der Waals surface area contributed by atoms with E-state index in [4.69, 9.17) is 37.6 Å². The van der Waals surface area contributed by atoms with Gasteiger partial charge in [0.05, 0.1) is 32.5 Å². The highest BCUT2D eigenvalue weighted by atomic mass is 16.7. The second-order valence-corrected chi connectivity index (χ2v) is 13.2. The Hall–Kier alpha value is -5.68. The molecule has 3 heterocycles. The lowest BCUT2D eigenvalue weighted by Crippen LogP contribution is -2.62. The van der Waals surface area contributed by atoms with Gasteiger partial charge in [0, 0.05) is 24.3 Å². The predicted molar refractivity (Wildman–Crippen MR) is 194 cm³/mol. The molecule has 2 fully saturated rings. The third kappa shape index (κ3) is 8.74. The fraction of sp³-hybridized carbons (Fsp3) is 0.368. The number of aliphatic hydroxyl groups excluding tert-OH is 6. The van der Waals surface area contributed by atoms with E-state index in [1.54, 1.807) is 0 Å². The lowest BCUT2D eigenvalue weighted by molar-refractivity contribution is -0.323. The van der Waals surface area contributed by atoms with E-state index < -0.39 is 97.8 Å². The molecular weight excluding hydrogens is 776 g/mol. The van der Waals surface area contributed by atoms with E-state index in [0.717, 1.165) is 24.3 Å². The highest BCUT2D eigenvalue weighted by molar-refractivity contribution is 5.89. The van der Waals surface area contributed by atoms with Crippen LogP contribution in [0.1, 0.15) is 5.56 Å². The van der Waals surface area contributed by atoms with Gasteiger partial charge in [0.15, 0.2) is 29.3 Å². The average Bonchev–Trinajstić information content (AvgIpc) is 3.20. The maximum absolute atomic E-state index is 12.5. The third-order valence-electron chi connectivity index (χ3n) is 9.36. The van der Waals surface area contributed by atoms with E-state index in [1.807, 2.05) is 0 Å². The normalized spacial score (nSPS) is 27.4. The summed E-state index contributed by atoms with van der Waals surface area (Å²) in [6, 6.07) is 9.89. The van der Waals surface area contributed by atoms with Crippen molar-refractivity contribution in [2.24, 2.45) is 0 Å². The number of phenolic OH excluding ortho intramolecular Hbond substituents is 5. The first kappa shape index (κ1) is 41.9. The van der Waals surface area contributed by atoms with Crippen LogP contribution >= 0.6 is 0 Å². The largest absolute Gasteiger partial charge is 0.507 e. The molecule has 58 heavy (non-hydrogen) atoms. The molecule has 312 valence electrons. The van der Waals surface area contributed by atoms with Gasteiger partial charge in [0.1, 0.15) is 72.3 Å². The van der Waals surface area contributed by atoms with Crippen molar-refractivity contribution < 1.29 is 98.5 Å². The molecule has 20 heteroatoms. The number of esters is 1. The van der Waals surface area contributed by atoms with Crippen molar-refractivity contribution in [3.8, 4) is 57.3 Å². The highest BCUT2D eigenvalue weighted by Gasteiger charge is 2.48. The SMILES string of the molecule is COc1cc(/C=C/C(=O)OC[C@H]2O[C@@H](OC[C@@H]3O[C@@H](Oc4cc5c(O)cc(O)cc5[o+]c4-c4ccc(O)c(O)c4)[C@H](O)[C@@H](O)[C@@H]3O)[C@H](O)[C@@H](O)[C@@H]2O)cc(OC)c1O. The summed E-state index contributed by atoms with van der Waals surface area (Å²) in [5, 5.41) is 115. The van der Waals surface area contributed by atoms with Gasteiger partial charge in [-0.25, -0.2) is 9.21 Å². The zero-order chi connectivity index (χ0) is 42.0. The number of aliphatic hydroxyl groups is 6. The van der Waals surface area contributed by atoms with Crippen molar-refractivity contribution >= 4 is 23.0 Å². The van der Waals surface area contributed by atoms with E-state index in [2.05, 4.69) is 0 Å². The number of rotatable bonds is 12. The molecule has 6 rings (SSSR count). The molecule has 2 saturated heterocycles. The summed E-state index contributed by atoms with van der Waals surface area (Å²) in [5.41, 5.74) is 0.464. The number of fused-ring (bicyclic) bond motifs is 1. The number of hydrogen-bond donors (Lipinski definition) is 11. The minimum Gasteiger partial charge on any atom is -0.507 e. The second kappa shape index (κ2) is 17.4. The minimum absolute atomic E-state index is 0.0180. The van der Waals surface area contributed by atoms with Gasteiger partial charge >= 0.3 is 17.3 Å². The number of methoxy groups -OCH3 is 2. The summed E-state index contributed by atoms with van der Waals surface area (Å²) in [5.74, 6) is -3.19. The molecule has 0 bridgehead atoms. The van der Waals surface area contributed by atoms with Gasteiger partial charge in [0.2, 0.25) is 17.8 Å². The zero-order valence-electron chi connectivity index (χ0n) is 30.6. The summed E-state index contributed by atoms with van der Waals surface area (Å²) in [6.45, 7) is -1.32. The third-order valence-corrected chi connectivity index (χ3v) is 9.36. The molecular formula is C38H41O20+. The number of phenols is 5. The van der Waals surface area contributed by atoms with E-state index in [-0.39, 0.29) is 51.0 Å². The zero-order valence-corrected chi connectivity index (χ0v) is 30.6. The Kier molecular flexibility index (Phi) is 12.6. The molecule has 2 aliphatic heterocycles. The Morgan fingerprint density at radius 2 is 1.31 bits per heavy atom. The lowest BCUT2D eigenvalue weighted by atomic mass is 9.98. The molecule has 10 atom stereocenters. The molecule has 3 aromatic carbocycles. The van der Waals surface area contributed by atoms with Gasteiger partial charge < -0.3 is 89.3 Å². The van der Waals surface area contributed by atoms with Crippen molar-refractivity contribution in [3.63, 3.8) is 0 Å². The Labute approximate surface area is 327 Å². The predicted octanol–water partition coefficient (Wildman–Crippen LogP) is 0.193. The Bertz CT molecular complexity index is 2120. The molecule has 2 aliphatic rings. The molecule has 1 aromatic heterocycles. The van der Waals surface area contributed by atoms with Crippen molar-refractivity contribution in [1.29, 1.82) is 0 Å². The molecule has 0 spiro atoms. The van der Waals surface area contributed by atoms with Gasteiger partial charge in [0.25, 0.3) is 0 Å². The minimum atomic E-state index is -1.93. The standard InChI is InChI=1S/C38H40O20/c1-51-23-7-15(8-24(52-2)29(23)44)3-6-28(43)53-13-26-30(45)32(47)34(49)37(57-26)54-14-27-31(46)33(48)35(50)38(58-27)56-25-12-18-20(41)10-17(39)11-22(18)55-36(25)16-4-5-19(40)21(42)9-16/h3-12,26-27,30-35,37-38,45-50H,13-14H2,1-2H3,(H4-,39,40,41,42,43,44)/p+1/t26-,27+,30-,31-,32+,33+,34-,35-,37-,38-/m1/s1. The molecule has 0 radical (unpaired) electrons. The number of hydrogen-bond acceptors (Lipinski definition) is 19.